The van der Waals surface area contributed by atoms with E-state index in [0.29, 0.717) is 10.1 Å². The van der Waals surface area contributed by atoms with Crippen molar-refractivity contribution in [2.24, 2.45) is 0 Å². The van der Waals surface area contributed by atoms with E-state index in [9.17, 15) is 10.4 Å². The maximum absolute atomic E-state index is 11.3. The molecule has 0 aliphatic carbocycles. The number of rotatable bonds is 3. The van der Waals surface area contributed by atoms with Crippen molar-refractivity contribution in [2.45, 2.75) is 23.9 Å². The van der Waals surface area contributed by atoms with Crippen LogP contribution in [0.1, 0.15) is 13.8 Å². The minimum absolute atomic E-state index is 0. The van der Waals surface area contributed by atoms with Crippen LogP contribution in [0.15, 0.2) is 58.8 Å². The first-order valence-corrected chi connectivity index (χ1v) is 8.45. The Kier molecular flexibility index (Phi) is 15.0. The molecule has 0 aliphatic heterocycles. The van der Waals surface area contributed by atoms with Crippen LogP contribution in [0.4, 0.5) is 0 Å². The molecule has 0 atom stereocenters. The zero-order valence-electron chi connectivity index (χ0n) is 13.3. The molecule has 25 heavy (non-hydrogen) atoms. The van der Waals surface area contributed by atoms with Gasteiger partial charge >= 0.3 is 23.9 Å². The van der Waals surface area contributed by atoms with E-state index in [1.54, 1.807) is 36.4 Å². The molecule has 2 heterocycles. The van der Waals surface area contributed by atoms with Gasteiger partial charge in [0.1, 0.15) is 0 Å². The zero-order valence-corrected chi connectivity index (χ0v) is 17.8. The first-order valence-electron chi connectivity index (χ1n) is 6.30. The van der Waals surface area contributed by atoms with Gasteiger partial charge in [0.25, 0.3) is 10.1 Å². The number of nitrogens with zero attached hydrogens (tertiary/aromatic N) is 2. The van der Waals surface area contributed by atoms with Gasteiger partial charge in [-0.05, 0) is 26.0 Å². The topological polar surface area (TPSA) is 134 Å². The second-order valence-electron chi connectivity index (χ2n) is 3.88. The number of carboxylic acid groups (broad SMARTS) is 2. The summed E-state index contributed by atoms with van der Waals surface area (Å²) in [6.45, 7) is 1.94. The molecule has 0 fully saturated rings. The molecule has 0 saturated heterocycles. The van der Waals surface area contributed by atoms with Crippen LogP contribution in [0.3, 0.4) is 0 Å². The first kappa shape index (κ1) is 25.6. The standard InChI is InChI=1S/C10H8N2O2S2.2C2H4O2.Sn/c13-11-7-3-1-5-9(11)15-16-10-6-2-4-8-12(10)14;2*1-2(3)4;/h1-8H;2*1H3,(H,3,4);/q;;;+2/p-2. The van der Waals surface area contributed by atoms with Crippen LogP contribution in [0, 0.1) is 10.4 Å². The molecule has 0 amide bonds. The molecule has 0 bridgehead atoms. The number of carbonyl (C=O) groups is 2. The Morgan fingerprint density at radius 3 is 1.32 bits per heavy atom. The molecule has 0 saturated carbocycles. The molecule has 2 radical (unpaired) electrons. The minimum Gasteiger partial charge on any atom is -0.618 e. The fourth-order valence-corrected chi connectivity index (χ4v) is 3.03. The van der Waals surface area contributed by atoms with Gasteiger partial charge in [0.05, 0.1) is 0 Å². The molecule has 0 N–H and O–H groups in total. The van der Waals surface area contributed by atoms with Crippen molar-refractivity contribution in [3.8, 4) is 0 Å². The summed E-state index contributed by atoms with van der Waals surface area (Å²) >= 11 is 0. The molecule has 11 heteroatoms. The van der Waals surface area contributed by atoms with Gasteiger partial charge in [-0.15, -0.1) is 0 Å². The summed E-state index contributed by atoms with van der Waals surface area (Å²) in [6, 6.07) is 10.3. The fourth-order valence-electron chi connectivity index (χ4n) is 1.04. The summed E-state index contributed by atoms with van der Waals surface area (Å²) in [5.74, 6) is -2.17. The predicted octanol–water partition coefficient (Wildman–Crippen LogP) is -1.12. The molecular formula is C14H14N2O6S2Sn. The van der Waals surface area contributed by atoms with Crippen molar-refractivity contribution in [3.63, 3.8) is 0 Å². The number of carboxylic acids is 2. The Hall–Kier alpha value is -1.66. The van der Waals surface area contributed by atoms with Crippen molar-refractivity contribution >= 4 is 57.4 Å². The molecule has 0 unspecified atom stereocenters. The normalized spacial score (nSPS) is 8.56. The van der Waals surface area contributed by atoms with Crippen LogP contribution >= 0.6 is 21.6 Å². The molecule has 2 aromatic rings. The quantitative estimate of drug-likeness (QED) is 0.229. The van der Waals surface area contributed by atoms with Crippen molar-refractivity contribution in [2.75, 3.05) is 0 Å². The van der Waals surface area contributed by atoms with Crippen LogP contribution in [0.5, 0.6) is 0 Å². The molecule has 2 rings (SSSR count). The van der Waals surface area contributed by atoms with E-state index < -0.39 is 11.9 Å². The number of pyridine rings is 2. The van der Waals surface area contributed by atoms with Crippen molar-refractivity contribution in [1.82, 2.24) is 0 Å². The predicted molar refractivity (Wildman–Crippen MR) is 89.6 cm³/mol. The Morgan fingerprint density at radius 2 is 1.08 bits per heavy atom. The minimum atomic E-state index is -1.08. The second-order valence-corrected chi connectivity index (χ2v) is 6.05. The maximum atomic E-state index is 11.3. The number of aromatic nitrogens is 2. The Morgan fingerprint density at radius 1 is 0.800 bits per heavy atom. The molecule has 0 spiro atoms. The van der Waals surface area contributed by atoms with Crippen LogP contribution in [-0.4, -0.2) is 35.8 Å². The summed E-state index contributed by atoms with van der Waals surface area (Å²) < 4.78 is 1.55. The van der Waals surface area contributed by atoms with E-state index in [1.165, 1.54) is 34.0 Å². The summed E-state index contributed by atoms with van der Waals surface area (Å²) in [5, 5.41) is 41.5. The Balaban J connectivity index is 0. The first-order chi connectivity index (χ1) is 11.2. The average molecular weight is 489 g/mol. The van der Waals surface area contributed by atoms with Gasteiger partial charge in [-0.1, -0.05) is 0 Å². The monoisotopic (exact) mass is 490 g/mol. The van der Waals surface area contributed by atoms with Gasteiger partial charge in [0, 0.05) is 57.8 Å². The van der Waals surface area contributed by atoms with Crippen LogP contribution in [0.2, 0.25) is 0 Å². The van der Waals surface area contributed by atoms with E-state index in [1.807, 2.05) is 0 Å². The third kappa shape index (κ3) is 14.4. The van der Waals surface area contributed by atoms with E-state index in [0.717, 1.165) is 23.3 Å². The van der Waals surface area contributed by atoms with Gasteiger partial charge in [-0.3, -0.25) is 0 Å². The molecule has 0 aliphatic rings. The van der Waals surface area contributed by atoms with Crippen molar-refractivity contribution < 1.29 is 29.3 Å². The molecule has 0 aromatic carbocycles. The molecule has 132 valence electrons. The third-order valence-corrected chi connectivity index (χ3v) is 4.12. The van der Waals surface area contributed by atoms with E-state index >= 15 is 0 Å². The summed E-state index contributed by atoms with van der Waals surface area (Å²) in [6.07, 6.45) is 2.86. The van der Waals surface area contributed by atoms with Crippen LogP contribution < -0.4 is 19.7 Å². The SMILES string of the molecule is CC(=O)[O-].CC(=O)[O-].[O-][n+]1ccccc1SSc1cccc[n+]1[O-].[Sn+2]. The van der Waals surface area contributed by atoms with Gasteiger partial charge in [0.15, 0.2) is 12.4 Å². The summed E-state index contributed by atoms with van der Waals surface area (Å²) in [5.41, 5.74) is 0. The average Bonchev–Trinajstić information content (AvgIpc) is 2.47. The maximum Gasteiger partial charge on any atom is 2.00 e. The molecular weight excluding hydrogens is 475 g/mol. The summed E-state index contributed by atoms with van der Waals surface area (Å²) in [4.78, 5) is 17.8. The third-order valence-electron chi connectivity index (χ3n) is 1.79. The molecule has 8 nitrogen and oxygen atoms in total. The van der Waals surface area contributed by atoms with Crippen molar-refractivity contribution in [1.29, 1.82) is 0 Å². The van der Waals surface area contributed by atoms with Crippen LogP contribution in [0.25, 0.3) is 0 Å². The fraction of sp³-hybridized carbons (Fsp3) is 0.143. The van der Waals surface area contributed by atoms with Crippen LogP contribution in [-0.2, 0) is 9.59 Å². The number of aliphatic carboxylic acids is 2. The van der Waals surface area contributed by atoms with Gasteiger partial charge in [-0.2, -0.15) is 9.46 Å². The van der Waals surface area contributed by atoms with Gasteiger partial charge in [0.2, 0.25) is 0 Å². The number of hydrogen-bond donors (Lipinski definition) is 0. The Bertz CT molecular complexity index is 610. The van der Waals surface area contributed by atoms with E-state index in [4.69, 9.17) is 19.8 Å². The number of hydrogen-bond acceptors (Lipinski definition) is 8. The zero-order chi connectivity index (χ0) is 18.5. The summed E-state index contributed by atoms with van der Waals surface area (Å²) in [7, 11) is 2.52. The van der Waals surface area contributed by atoms with Gasteiger partial charge in [-0.25, -0.2) is 0 Å². The van der Waals surface area contributed by atoms with Crippen molar-refractivity contribution in [3.05, 3.63) is 59.2 Å². The van der Waals surface area contributed by atoms with E-state index in [2.05, 4.69) is 0 Å². The number of carbonyl (C=O) groups excluding carboxylic acids is 2. The van der Waals surface area contributed by atoms with E-state index in [-0.39, 0.29) is 23.9 Å². The smallest absolute Gasteiger partial charge is 0.618 e. The molecule has 2 aromatic heterocycles. The largest absolute Gasteiger partial charge is 2.00 e. The Labute approximate surface area is 169 Å². The second kappa shape index (κ2) is 14.7. The van der Waals surface area contributed by atoms with Gasteiger partial charge < -0.3 is 30.2 Å².